The third kappa shape index (κ3) is 3.02. The normalized spacial score (nSPS) is 24.8. The van der Waals surface area contributed by atoms with Crippen molar-refractivity contribution in [3.8, 4) is 0 Å². The minimum Gasteiger partial charge on any atom is -0.481 e. The molecule has 0 radical (unpaired) electrons. The Morgan fingerprint density at radius 2 is 2.25 bits per heavy atom. The molecule has 1 aliphatic heterocycles. The molecule has 1 aromatic heterocycles. The summed E-state index contributed by atoms with van der Waals surface area (Å²) in [6.45, 7) is 0.629. The number of fused-ring (bicyclic) bond motifs is 1. The molecule has 1 saturated carbocycles. The first-order valence-electron chi connectivity index (χ1n) is 9.42. The van der Waals surface area contributed by atoms with Crippen molar-refractivity contribution in [2.24, 2.45) is 18.4 Å². The summed E-state index contributed by atoms with van der Waals surface area (Å²) < 4.78 is 15.6. The number of carbonyl (C=O) groups is 2. The van der Waals surface area contributed by atoms with Gasteiger partial charge in [0.1, 0.15) is 17.7 Å². The van der Waals surface area contributed by atoms with Crippen LogP contribution in [0.3, 0.4) is 0 Å². The van der Waals surface area contributed by atoms with Crippen molar-refractivity contribution in [3.63, 3.8) is 0 Å². The maximum absolute atomic E-state index is 13.8. The molecule has 1 aliphatic carbocycles. The van der Waals surface area contributed by atoms with Crippen LogP contribution >= 0.6 is 0 Å². The highest BCUT2D eigenvalue weighted by molar-refractivity contribution is 5.81. The van der Waals surface area contributed by atoms with Crippen LogP contribution in [0.15, 0.2) is 36.7 Å². The van der Waals surface area contributed by atoms with Crippen LogP contribution in [0.4, 0.5) is 9.18 Å². The maximum atomic E-state index is 13.8. The number of aliphatic carboxylic acids is 1. The number of carboxylic acids is 1. The number of rotatable bonds is 4. The number of likely N-dealkylation sites (tertiary alicyclic amines) is 1. The predicted octanol–water partition coefficient (Wildman–Crippen LogP) is 2.54. The van der Waals surface area contributed by atoms with E-state index in [4.69, 9.17) is 0 Å². The monoisotopic (exact) mass is 386 g/mol. The molecule has 1 unspecified atom stereocenters. The first-order valence-corrected chi connectivity index (χ1v) is 9.42. The van der Waals surface area contributed by atoms with Gasteiger partial charge >= 0.3 is 12.0 Å². The van der Waals surface area contributed by atoms with E-state index in [-0.39, 0.29) is 18.5 Å². The maximum Gasteiger partial charge on any atom is 0.318 e. The van der Waals surface area contributed by atoms with E-state index >= 15 is 0 Å². The second-order valence-corrected chi connectivity index (χ2v) is 7.76. The van der Waals surface area contributed by atoms with E-state index in [1.54, 1.807) is 41.0 Å². The molecule has 4 rings (SSSR count). The fraction of sp³-hybridized carbons (Fsp3) is 0.450. The SMILES string of the molecule is Cn1ccnc1C(NC(=O)N1C[C@@H]2CCC[C@@]2(C(=O)O)C1)c1cccc(F)c1. The number of nitrogens with zero attached hydrogens (tertiary/aromatic N) is 3. The van der Waals surface area contributed by atoms with Crippen LogP contribution in [-0.2, 0) is 11.8 Å². The van der Waals surface area contributed by atoms with Crippen LogP contribution in [0, 0.1) is 17.2 Å². The predicted molar refractivity (Wildman–Crippen MR) is 99.0 cm³/mol. The number of aryl methyl sites for hydroxylation is 1. The summed E-state index contributed by atoms with van der Waals surface area (Å²) in [6.07, 6.45) is 5.68. The number of hydrogen-bond acceptors (Lipinski definition) is 3. The van der Waals surface area contributed by atoms with Gasteiger partial charge in [0.05, 0.1) is 5.41 Å². The summed E-state index contributed by atoms with van der Waals surface area (Å²) in [5.41, 5.74) is -0.260. The van der Waals surface area contributed by atoms with E-state index in [1.165, 1.54) is 12.1 Å². The number of amides is 2. The highest BCUT2D eigenvalue weighted by Crippen LogP contribution is 2.48. The molecule has 0 spiro atoms. The van der Waals surface area contributed by atoms with Gasteiger partial charge < -0.3 is 19.9 Å². The third-order valence-corrected chi connectivity index (χ3v) is 6.15. The quantitative estimate of drug-likeness (QED) is 0.845. The number of halogens is 1. The largest absolute Gasteiger partial charge is 0.481 e. The van der Waals surface area contributed by atoms with Gasteiger partial charge in [0.2, 0.25) is 0 Å². The van der Waals surface area contributed by atoms with E-state index in [9.17, 15) is 19.1 Å². The number of nitrogens with one attached hydrogen (secondary N) is 1. The highest BCUT2D eigenvalue weighted by Gasteiger charge is 2.56. The number of urea groups is 1. The molecule has 2 amide bonds. The first kappa shape index (κ1) is 18.5. The van der Waals surface area contributed by atoms with E-state index in [0.29, 0.717) is 24.4 Å². The van der Waals surface area contributed by atoms with Gasteiger partial charge in [-0.15, -0.1) is 0 Å². The lowest BCUT2D eigenvalue weighted by Gasteiger charge is -2.25. The fourth-order valence-electron chi connectivity index (χ4n) is 4.65. The Morgan fingerprint density at radius 1 is 1.43 bits per heavy atom. The average Bonchev–Trinajstić information content (AvgIpc) is 3.33. The molecule has 0 bridgehead atoms. The van der Waals surface area contributed by atoms with Gasteiger partial charge in [0.25, 0.3) is 0 Å². The zero-order valence-corrected chi connectivity index (χ0v) is 15.6. The molecular formula is C20H23FN4O3. The van der Waals surface area contributed by atoms with Gasteiger partial charge in [0.15, 0.2) is 0 Å². The molecule has 8 heteroatoms. The lowest BCUT2D eigenvalue weighted by atomic mass is 9.81. The average molecular weight is 386 g/mol. The topological polar surface area (TPSA) is 87.5 Å². The van der Waals surface area contributed by atoms with Crippen LogP contribution < -0.4 is 5.32 Å². The number of aromatic nitrogens is 2. The first-order chi connectivity index (χ1) is 13.4. The van der Waals surface area contributed by atoms with Gasteiger partial charge in [-0.05, 0) is 36.5 Å². The molecule has 2 heterocycles. The second-order valence-electron chi connectivity index (χ2n) is 7.76. The second kappa shape index (κ2) is 6.92. The summed E-state index contributed by atoms with van der Waals surface area (Å²) in [5, 5.41) is 12.7. The Labute approximate surface area is 162 Å². The summed E-state index contributed by atoms with van der Waals surface area (Å²) in [5.74, 6) is -0.662. The molecule has 1 aromatic carbocycles. The summed E-state index contributed by atoms with van der Waals surface area (Å²) in [6, 6.07) is 5.06. The molecular weight excluding hydrogens is 363 g/mol. The lowest BCUT2D eigenvalue weighted by molar-refractivity contribution is -0.149. The molecule has 2 aliphatic rings. The molecule has 2 aromatic rings. The minimum absolute atomic E-state index is 0.0171. The molecule has 2 fully saturated rings. The van der Waals surface area contributed by atoms with Gasteiger partial charge in [-0.2, -0.15) is 0 Å². The van der Waals surface area contributed by atoms with Crippen molar-refractivity contribution in [3.05, 3.63) is 53.9 Å². The van der Waals surface area contributed by atoms with Crippen LogP contribution in [0.25, 0.3) is 0 Å². The van der Waals surface area contributed by atoms with Crippen LogP contribution in [0.5, 0.6) is 0 Å². The molecule has 1 saturated heterocycles. The van der Waals surface area contributed by atoms with Crippen molar-refractivity contribution < 1.29 is 19.1 Å². The van der Waals surface area contributed by atoms with Crippen LogP contribution in [0.1, 0.15) is 36.7 Å². The number of carboxylic acid groups (broad SMARTS) is 1. The molecule has 7 nitrogen and oxygen atoms in total. The van der Waals surface area contributed by atoms with Gasteiger partial charge in [-0.1, -0.05) is 18.6 Å². The summed E-state index contributed by atoms with van der Waals surface area (Å²) >= 11 is 0. The number of benzene rings is 1. The Hall–Kier alpha value is -2.90. The Morgan fingerprint density at radius 3 is 2.89 bits per heavy atom. The standard InChI is InChI=1S/C20H23FN4O3/c1-24-9-8-22-17(24)16(13-4-2-6-15(21)10-13)23-19(28)25-11-14-5-3-7-20(14,12-25)18(26)27/h2,4,6,8-10,14,16H,3,5,7,11-12H2,1H3,(H,23,28)(H,26,27)/t14-,16?,20+/m0/s1. The molecule has 3 atom stereocenters. The van der Waals surface area contributed by atoms with Gasteiger partial charge in [0, 0.05) is 32.5 Å². The Bertz CT molecular complexity index is 914. The number of carbonyl (C=O) groups excluding carboxylic acids is 1. The molecule has 148 valence electrons. The smallest absolute Gasteiger partial charge is 0.318 e. The number of hydrogen-bond donors (Lipinski definition) is 2. The Kier molecular flexibility index (Phi) is 4.56. The zero-order valence-electron chi connectivity index (χ0n) is 15.6. The minimum atomic E-state index is -0.838. The number of imidazole rings is 1. The summed E-state index contributed by atoms with van der Waals surface area (Å²) in [4.78, 5) is 30.8. The molecule has 28 heavy (non-hydrogen) atoms. The van der Waals surface area contributed by atoms with E-state index in [1.807, 2.05) is 0 Å². The van der Waals surface area contributed by atoms with Gasteiger partial charge in [-0.25, -0.2) is 14.2 Å². The third-order valence-electron chi connectivity index (χ3n) is 6.15. The van der Waals surface area contributed by atoms with Crippen molar-refractivity contribution in [2.45, 2.75) is 25.3 Å². The van der Waals surface area contributed by atoms with Crippen molar-refractivity contribution >= 4 is 12.0 Å². The van der Waals surface area contributed by atoms with Crippen molar-refractivity contribution in [1.82, 2.24) is 19.8 Å². The van der Waals surface area contributed by atoms with Crippen LogP contribution in [-0.4, -0.2) is 44.6 Å². The van der Waals surface area contributed by atoms with E-state index in [0.717, 1.165) is 12.8 Å². The fourth-order valence-corrected chi connectivity index (χ4v) is 4.65. The lowest BCUT2D eigenvalue weighted by Crippen LogP contribution is -2.43. The zero-order chi connectivity index (χ0) is 19.9. The van der Waals surface area contributed by atoms with Crippen molar-refractivity contribution in [2.75, 3.05) is 13.1 Å². The Balaban J connectivity index is 1.59. The van der Waals surface area contributed by atoms with E-state index < -0.39 is 23.2 Å². The van der Waals surface area contributed by atoms with E-state index in [2.05, 4.69) is 10.3 Å². The van der Waals surface area contributed by atoms with Gasteiger partial charge in [-0.3, -0.25) is 4.79 Å². The molecule has 2 N–H and O–H groups in total. The van der Waals surface area contributed by atoms with Crippen molar-refractivity contribution in [1.29, 1.82) is 0 Å². The van der Waals surface area contributed by atoms with Crippen LogP contribution in [0.2, 0.25) is 0 Å². The summed E-state index contributed by atoms with van der Waals surface area (Å²) in [7, 11) is 1.81. The highest BCUT2D eigenvalue weighted by atomic mass is 19.1.